The number of likely N-dealkylation sites (tertiary alicyclic amines) is 2. The van der Waals surface area contributed by atoms with E-state index in [1.165, 1.54) is 6.07 Å². The first-order valence-electron chi connectivity index (χ1n) is 10.7. The van der Waals surface area contributed by atoms with Crippen LogP contribution in [0.1, 0.15) is 43.7 Å². The van der Waals surface area contributed by atoms with Crippen molar-refractivity contribution in [1.82, 2.24) is 15.1 Å². The molecule has 0 radical (unpaired) electrons. The summed E-state index contributed by atoms with van der Waals surface area (Å²) in [5.74, 6) is -0.933. The van der Waals surface area contributed by atoms with Gasteiger partial charge in [-0.3, -0.25) is 19.3 Å². The van der Waals surface area contributed by atoms with Crippen LogP contribution in [0.5, 0.6) is 0 Å². The number of primary amides is 1. The molecule has 3 saturated heterocycles. The van der Waals surface area contributed by atoms with Crippen LogP contribution < -0.4 is 11.1 Å². The average Bonchev–Trinajstić information content (AvgIpc) is 3.08. The molecule has 8 heteroatoms. The summed E-state index contributed by atoms with van der Waals surface area (Å²) in [6.07, 6.45) is 3.18. The maximum atomic E-state index is 14.5. The molecule has 1 aromatic rings. The summed E-state index contributed by atoms with van der Waals surface area (Å²) in [6.45, 7) is 2.52. The summed E-state index contributed by atoms with van der Waals surface area (Å²) in [6, 6.07) is 6.15. The Balaban J connectivity index is 1.44. The Morgan fingerprint density at radius 3 is 2.53 bits per heavy atom. The third kappa shape index (κ3) is 3.93. The van der Waals surface area contributed by atoms with Crippen LogP contribution in [0.4, 0.5) is 4.39 Å². The minimum atomic E-state index is -0.376. The van der Waals surface area contributed by atoms with E-state index in [1.54, 1.807) is 18.2 Å². The zero-order valence-corrected chi connectivity index (χ0v) is 17.1. The first kappa shape index (κ1) is 20.8. The number of hydrogen-bond donors (Lipinski definition) is 2. The second-order valence-electron chi connectivity index (χ2n) is 8.80. The van der Waals surface area contributed by atoms with E-state index >= 15 is 0 Å². The fraction of sp³-hybridized carbons (Fsp3) is 0.591. The number of carbonyl (C=O) groups excluding carboxylic acids is 3. The third-order valence-electron chi connectivity index (χ3n) is 7.16. The Morgan fingerprint density at radius 2 is 1.90 bits per heavy atom. The van der Waals surface area contributed by atoms with Gasteiger partial charge in [0.05, 0.1) is 12.0 Å². The number of carbonyl (C=O) groups is 3. The lowest BCUT2D eigenvalue weighted by molar-refractivity contribution is -0.140. The van der Waals surface area contributed by atoms with Gasteiger partial charge < -0.3 is 16.0 Å². The molecule has 3 N–H and O–H groups in total. The van der Waals surface area contributed by atoms with Gasteiger partial charge in [-0.2, -0.15) is 0 Å². The van der Waals surface area contributed by atoms with Crippen LogP contribution in [0.25, 0.3) is 0 Å². The summed E-state index contributed by atoms with van der Waals surface area (Å²) >= 11 is 0. The Kier molecular flexibility index (Phi) is 5.77. The van der Waals surface area contributed by atoms with Crippen molar-refractivity contribution in [2.75, 3.05) is 32.7 Å². The van der Waals surface area contributed by atoms with Crippen molar-refractivity contribution in [1.29, 1.82) is 0 Å². The molecular formula is C22H29FN4O3. The van der Waals surface area contributed by atoms with Crippen LogP contribution in [0, 0.1) is 17.2 Å². The van der Waals surface area contributed by atoms with E-state index in [-0.39, 0.29) is 47.5 Å². The van der Waals surface area contributed by atoms with Crippen molar-refractivity contribution >= 4 is 17.7 Å². The molecule has 3 aliphatic heterocycles. The summed E-state index contributed by atoms with van der Waals surface area (Å²) in [5.41, 5.74) is 5.70. The second kappa shape index (κ2) is 8.34. The first-order chi connectivity index (χ1) is 14.4. The van der Waals surface area contributed by atoms with E-state index in [1.807, 2.05) is 9.80 Å². The molecule has 7 nitrogen and oxygen atoms in total. The zero-order chi connectivity index (χ0) is 21.3. The van der Waals surface area contributed by atoms with E-state index in [4.69, 9.17) is 5.73 Å². The lowest BCUT2D eigenvalue weighted by Gasteiger charge is -2.41. The molecule has 2 unspecified atom stereocenters. The molecular weight excluding hydrogens is 387 g/mol. The normalized spacial score (nSPS) is 26.6. The SMILES string of the molecule is NC(=O)C1CCN(CC(=O)N2CCC3(CCNC3=O)CC2)C(c2ccccc2F)C1. The summed E-state index contributed by atoms with van der Waals surface area (Å²) in [5, 5.41) is 2.91. The number of benzene rings is 1. The number of rotatable bonds is 4. The van der Waals surface area contributed by atoms with Crippen molar-refractivity contribution in [3.8, 4) is 0 Å². The maximum absolute atomic E-state index is 14.5. The maximum Gasteiger partial charge on any atom is 0.236 e. The van der Waals surface area contributed by atoms with Crippen molar-refractivity contribution in [2.45, 2.75) is 38.1 Å². The van der Waals surface area contributed by atoms with Gasteiger partial charge in [-0.1, -0.05) is 18.2 Å². The molecule has 3 amide bonds. The van der Waals surface area contributed by atoms with Crippen LogP contribution in [-0.4, -0.2) is 60.2 Å². The molecule has 4 rings (SSSR count). The number of nitrogens with one attached hydrogen (secondary N) is 1. The predicted octanol–water partition coefficient (Wildman–Crippen LogP) is 1.19. The molecule has 3 fully saturated rings. The van der Waals surface area contributed by atoms with Crippen LogP contribution >= 0.6 is 0 Å². The van der Waals surface area contributed by atoms with Crippen molar-refractivity contribution < 1.29 is 18.8 Å². The lowest BCUT2D eigenvalue weighted by Crippen LogP contribution is -2.50. The standard InChI is InChI=1S/C22H29FN4O3/c23-17-4-2-1-3-16(17)18-13-15(20(24)29)5-10-27(18)14-19(28)26-11-7-22(8-12-26)6-9-25-21(22)30/h1-4,15,18H,5-14H2,(H2,24,29)(H,25,30). The molecule has 0 bridgehead atoms. The van der Waals surface area contributed by atoms with Gasteiger partial charge in [-0.25, -0.2) is 4.39 Å². The molecule has 1 aromatic carbocycles. The molecule has 0 aromatic heterocycles. The van der Waals surface area contributed by atoms with Gasteiger partial charge in [0.2, 0.25) is 17.7 Å². The molecule has 0 saturated carbocycles. The summed E-state index contributed by atoms with van der Waals surface area (Å²) in [4.78, 5) is 40.7. The van der Waals surface area contributed by atoms with Gasteiger partial charge in [-0.15, -0.1) is 0 Å². The molecule has 0 aliphatic carbocycles. The predicted molar refractivity (Wildman–Crippen MR) is 109 cm³/mol. The van der Waals surface area contributed by atoms with Crippen LogP contribution in [-0.2, 0) is 14.4 Å². The third-order valence-corrected chi connectivity index (χ3v) is 7.16. The molecule has 30 heavy (non-hydrogen) atoms. The quantitative estimate of drug-likeness (QED) is 0.771. The molecule has 3 aliphatic rings. The van der Waals surface area contributed by atoms with Gasteiger partial charge >= 0.3 is 0 Å². The highest BCUT2D eigenvalue weighted by Gasteiger charge is 2.45. The van der Waals surface area contributed by atoms with Crippen LogP contribution in [0.3, 0.4) is 0 Å². The largest absolute Gasteiger partial charge is 0.369 e. The fourth-order valence-corrected chi connectivity index (χ4v) is 5.18. The van der Waals surface area contributed by atoms with Gasteiger partial charge in [0.25, 0.3) is 0 Å². The number of hydrogen-bond acceptors (Lipinski definition) is 4. The molecule has 3 heterocycles. The van der Waals surface area contributed by atoms with Gasteiger partial charge in [0, 0.05) is 43.7 Å². The van der Waals surface area contributed by atoms with Crippen molar-refractivity contribution in [3.05, 3.63) is 35.6 Å². The second-order valence-corrected chi connectivity index (χ2v) is 8.80. The average molecular weight is 416 g/mol. The Hall–Kier alpha value is -2.48. The number of nitrogens with zero attached hydrogens (tertiary/aromatic N) is 2. The first-order valence-corrected chi connectivity index (χ1v) is 10.7. The van der Waals surface area contributed by atoms with Crippen LogP contribution in [0.15, 0.2) is 24.3 Å². The highest BCUT2D eigenvalue weighted by molar-refractivity contribution is 5.85. The minimum absolute atomic E-state index is 0.0119. The van der Waals surface area contributed by atoms with Gasteiger partial charge in [0.1, 0.15) is 5.82 Å². The van der Waals surface area contributed by atoms with Crippen molar-refractivity contribution in [3.63, 3.8) is 0 Å². The Bertz CT molecular complexity index is 837. The van der Waals surface area contributed by atoms with E-state index < -0.39 is 0 Å². The van der Waals surface area contributed by atoms with Crippen molar-refractivity contribution in [2.24, 2.45) is 17.1 Å². The fourth-order valence-electron chi connectivity index (χ4n) is 5.18. The summed E-state index contributed by atoms with van der Waals surface area (Å²) < 4.78 is 14.5. The monoisotopic (exact) mass is 416 g/mol. The zero-order valence-electron chi connectivity index (χ0n) is 17.1. The number of nitrogens with two attached hydrogens (primary N) is 1. The number of halogens is 1. The lowest BCUT2D eigenvalue weighted by atomic mass is 9.77. The van der Waals surface area contributed by atoms with E-state index in [0.29, 0.717) is 57.4 Å². The topological polar surface area (TPSA) is 95.7 Å². The smallest absolute Gasteiger partial charge is 0.236 e. The molecule has 2 atom stereocenters. The Labute approximate surface area is 175 Å². The molecule has 162 valence electrons. The highest BCUT2D eigenvalue weighted by atomic mass is 19.1. The van der Waals surface area contributed by atoms with Gasteiger partial charge in [0.15, 0.2) is 0 Å². The van der Waals surface area contributed by atoms with Gasteiger partial charge in [-0.05, 0) is 38.2 Å². The Morgan fingerprint density at radius 1 is 1.17 bits per heavy atom. The number of amides is 3. The highest BCUT2D eigenvalue weighted by Crippen LogP contribution is 2.39. The molecule has 1 spiro atoms. The summed E-state index contributed by atoms with van der Waals surface area (Å²) in [7, 11) is 0. The van der Waals surface area contributed by atoms with E-state index in [9.17, 15) is 18.8 Å². The van der Waals surface area contributed by atoms with E-state index in [2.05, 4.69) is 5.32 Å². The number of piperidine rings is 2. The minimum Gasteiger partial charge on any atom is -0.369 e. The van der Waals surface area contributed by atoms with E-state index in [0.717, 1.165) is 6.42 Å². The van der Waals surface area contributed by atoms with Crippen LogP contribution in [0.2, 0.25) is 0 Å².